The molecule has 2 aromatic carbocycles. The first-order valence-corrected chi connectivity index (χ1v) is 10.6. The fourth-order valence-corrected chi connectivity index (χ4v) is 6.38. The van der Waals surface area contributed by atoms with Gasteiger partial charge in [-0.05, 0) is 42.7 Å². The van der Waals surface area contributed by atoms with Crippen LogP contribution in [0.25, 0.3) is 0 Å². The van der Waals surface area contributed by atoms with Crippen LogP contribution in [0.15, 0.2) is 60.7 Å². The summed E-state index contributed by atoms with van der Waals surface area (Å²) in [5.74, 6) is 0.922. The molecule has 0 N–H and O–H groups in total. The maximum absolute atomic E-state index is 2.70. The summed E-state index contributed by atoms with van der Waals surface area (Å²) in [5.41, 5.74) is 2.11. The first-order valence-electron chi connectivity index (χ1n) is 9.39. The second kappa shape index (κ2) is 7.24. The van der Waals surface area contributed by atoms with Gasteiger partial charge in [0.25, 0.3) is 0 Å². The van der Waals surface area contributed by atoms with Crippen LogP contribution in [0.1, 0.15) is 31.2 Å². The number of fused-ring (bicyclic) bond motifs is 1. The molecule has 124 valence electrons. The number of rotatable bonds is 5. The molecule has 2 atom stereocenters. The molecule has 2 aromatic rings. The van der Waals surface area contributed by atoms with Crippen molar-refractivity contribution < 1.29 is 0 Å². The van der Waals surface area contributed by atoms with Crippen LogP contribution >= 0.6 is 0 Å². The van der Waals surface area contributed by atoms with E-state index in [1.807, 2.05) is 0 Å². The Labute approximate surface area is 148 Å². The Balaban J connectivity index is 1.39. The second-order valence-corrected chi connectivity index (χ2v) is 8.93. The van der Waals surface area contributed by atoms with E-state index in [0.29, 0.717) is 5.41 Å². The van der Waals surface area contributed by atoms with E-state index in [2.05, 4.69) is 65.6 Å². The highest BCUT2D eigenvalue weighted by Crippen LogP contribution is 2.51. The molecule has 0 spiro atoms. The lowest BCUT2D eigenvalue weighted by Crippen LogP contribution is -2.45. The molecule has 2 radical (unpaired) electrons. The quantitative estimate of drug-likeness (QED) is 0.744. The average molecular weight is 334 g/mol. The van der Waals surface area contributed by atoms with Gasteiger partial charge in [0.15, 0.2) is 0 Å². The van der Waals surface area contributed by atoms with E-state index in [1.165, 1.54) is 50.4 Å². The largest absolute Gasteiger partial charge is 0.299 e. The van der Waals surface area contributed by atoms with Gasteiger partial charge in [-0.25, -0.2) is 0 Å². The monoisotopic (exact) mass is 333 g/mol. The van der Waals surface area contributed by atoms with E-state index in [0.717, 1.165) is 22.0 Å². The van der Waals surface area contributed by atoms with Gasteiger partial charge < -0.3 is 0 Å². The SMILES string of the molecule is c1ccc(CN2CC[C@]3(C[Si]c4ccccc4)CCC[C@@H]3C2)cc1. The Hall–Kier alpha value is -1.38. The summed E-state index contributed by atoms with van der Waals surface area (Å²) in [6.07, 6.45) is 5.77. The van der Waals surface area contributed by atoms with Gasteiger partial charge in [0.1, 0.15) is 0 Å². The minimum Gasteiger partial charge on any atom is -0.299 e. The predicted octanol–water partition coefficient (Wildman–Crippen LogP) is 4.13. The molecule has 0 unspecified atom stereocenters. The van der Waals surface area contributed by atoms with E-state index in [4.69, 9.17) is 0 Å². The lowest BCUT2D eigenvalue weighted by atomic mass is 9.74. The zero-order valence-corrected chi connectivity index (χ0v) is 15.5. The van der Waals surface area contributed by atoms with Crippen molar-refractivity contribution in [1.29, 1.82) is 0 Å². The topological polar surface area (TPSA) is 3.24 Å². The number of hydrogen-bond donors (Lipinski definition) is 0. The minimum absolute atomic E-state index is 0.640. The van der Waals surface area contributed by atoms with Crippen molar-refractivity contribution in [3.63, 3.8) is 0 Å². The third kappa shape index (κ3) is 3.50. The molecule has 0 bridgehead atoms. The van der Waals surface area contributed by atoms with Crippen molar-refractivity contribution in [3.8, 4) is 0 Å². The summed E-state index contributed by atoms with van der Waals surface area (Å²) in [6.45, 7) is 3.73. The lowest BCUT2D eigenvalue weighted by molar-refractivity contribution is 0.0662. The van der Waals surface area contributed by atoms with Gasteiger partial charge in [-0.15, -0.1) is 0 Å². The highest BCUT2D eigenvalue weighted by atomic mass is 28.2. The van der Waals surface area contributed by atoms with Crippen molar-refractivity contribution in [2.75, 3.05) is 13.1 Å². The predicted molar refractivity (Wildman–Crippen MR) is 103 cm³/mol. The van der Waals surface area contributed by atoms with Gasteiger partial charge in [0.05, 0.1) is 9.52 Å². The van der Waals surface area contributed by atoms with Gasteiger partial charge in [-0.3, -0.25) is 4.90 Å². The normalized spacial score (nSPS) is 27.1. The standard InChI is InChI=1S/C22H27NSi/c1-3-8-19(9-4-1)16-23-15-14-22(13-7-10-20(22)17-23)18-24-21-11-5-2-6-12-21/h1-6,8-9,11-12,20H,7,10,13-18H2/t20-,22+/m1/s1. The van der Waals surface area contributed by atoms with Crippen molar-refractivity contribution in [3.05, 3.63) is 66.2 Å². The van der Waals surface area contributed by atoms with Crippen LogP contribution in [-0.4, -0.2) is 27.5 Å². The van der Waals surface area contributed by atoms with E-state index in [1.54, 1.807) is 5.19 Å². The molecule has 2 fully saturated rings. The van der Waals surface area contributed by atoms with Crippen LogP contribution in [0.3, 0.4) is 0 Å². The van der Waals surface area contributed by atoms with Crippen LogP contribution in [0.5, 0.6) is 0 Å². The highest BCUT2D eigenvalue weighted by molar-refractivity contribution is 6.53. The van der Waals surface area contributed by atoms with E-state index >= 15 is 0 Å². The van der Waals surface area contributed by atoms with Gasteiger partial charge in [-0.1, -0.05) is 78.3 Å². The molecule has 1 nitrogen and oxygen atoms in total. The third-order valence-corrected chi connectivity index (χ3v) is 7.79. The van der Waals surface area contributed by atoms with E-state index in [-0.39, 0.29) is 0 Å². The highest BCUT2D eigenvalue weighted by Gasteiger charge is 2.45. The molecule has 1 aliphatic heterocycles. The number of piperidine rings is 1. The van der Waals surface area contributed by atoms with Crippen molar-refractivity contribution in [1.82, 2.24) is 4.90 Å². The van der Waals surface area contributed by atoms with Gasteiger partial charge in [0.2, 0.25) is 0 Å². The van der Waals surface area contributed by atoms with Crippen molar-refractivity contribution in [2.24, 2.45) is 11.3 Å². The molecule has 1 saturated carbocycles. The summed E-state index contributed by atoms with van der Waals surface area (Å²) in [6, 6.07) is 23.5. The van der Waals surface area contributed by atoms with Crippen LogP contribution in [0, 0.1) is 11.3 Å². The van der Waals surface area contributed by atoms with E-state index < -0.39 is 0 Å². The third-order valence-electron chi connectivity index (χ3n) is 6.17. The Morgan fingerprint density at radius 2 is 1.71 bits per heavy atom. The van der Waals surface area contributed by atoms with Crippen LogP contribution < -0.4 is 5.19 Å². The Morgan fingerprint density at radius 1 is 0.958 bits per heavy atom. The lowest BCUT2D eigenvalue weighted by Gasteiger charge is -2.45. The molecule has 1 saturated heterocycles. The summed E-state index contributed by atoms with van der Waals surface area (Å²) in [7, 11) is 0.986. The fourth-order valence-electron chi connectivity index (χ4n) is 4.75. The number of hydrogen-bond acceptors (Lipinski definition) is 1. The Kier molecular flexibility index (Phi) is 4.86. The Bertz CT molecular complexity index is 642. The Morgan fingerprint density at radius 3 is 2.50 bits per heavy atom. The van der Waals surface area contributed by atoms with Crippen LogP contribution in [0.2, 0.25) is 6.04 Å². The maximum Gasteiger partial charge on any atom is 0.0813 e. The number of likely N-dealkylation sites (tertiary alicyclic amines) is 1. The zero-order valence-electron chi connectivity index (χ0n) is 14.5. The van der Waals surface area contributed by atoms with Crippen molar-refractivity contribution in [2.45, 2.75) is 38.3 Å². The number of benzene rings is 2. The fraction of sp³-hybridized carbons (Fsp3) is 0.455. The van der Waals surface area contributed by atoms with Gasteiger partial charge in [-0.2, -0.15) is 0 Å². The first-order chi connectivity index (χ1) is 11.8. The van der Waals surface area contributed by atoms with Crippen LogP contribution in [-0.2, 0) is 6.54 Å². The zero-order chi connectivity index (χ0) is 16.2. The summed E-state index contributed by atoms with van der Waals surface area (Å²) in [4.78, 5) is 2.70. The molecule has 4 rings (SSSR count). The van der Waals surface area contributed by atoms with E-state index in [9.17, 15) is 0 Å². The summed E-state index contributed by atoms with van der Waals surface area (Å²) in [5, 5.41) is 1.55. The summed E-state index contributed by atoms with van der Waals surface area (Å²) < 4.78 is 0. The summed E-state index contributed by atoms with van der Waals surface area (Å²) >= 11 is 0. The molecule has 0 aromatic heterocycles. The first kappa shape index (κ1) is 16.1. The molecular formula is C22H27NSi. The molecule has 2 aliphatic rings. The molecule has 24 heavy (non-hydrogen) atoms. The van der Waals surface area contributed by atoms with Crippen molar-refractivity contribution >= 4 is 14.7 Å². The molecular weight excluding hydrogens is 306 g/mol. The smallest absolute Gasteiger partial charge is 0.0813 e. The van der Waals surface area contributed by atoms with Gasteiger partial charge >= 0.3 is 0 Å². The average Bonchev–Trinajstić information content (AvgIpc) is 3.05. The molecule has 1 aliphatic carbocycles. The second-order valence-electron chi connectivity index (χ2n) is 7.64. The van der Waals surface area contributed by atoms with Gasteiger partial charge in [0, 0.05) is 13.1 Å². The molecule has 2 heteroatoms. The number of nitrogens with zero attached hydrogens (tertiary/aromatic N) is 1. The molecule has 0 amide bonds. The molecule has 1 heterocycles. The maximum atomic E-state index is 2.70. The van der Waals surface area contributed by atoms with Crippen LogP contribution in [0.4, 0.5) is 0 Å². The minimum atomic E-state index is 0.640.